The standard InChI is InChI=1S/C19H26N2/c1-3-13-11-21-9-8-19-15-6-4-5-7-16(15)20-18(19)12(2)14(13)10-17(19)21/h4-7,12-14,17-18,20H,3,8-11H2,1-2H3. The summed E-state index contributed by atoms with van der Waals surface area (Å²) in [7, 11) is 0. The van der Waals surface area contributed by atoms with Crippen LogP contribution in [0.25, 0.3) is 0 Å². The average Bonchev–Trinajstić information content (AvgIpc) is 3.07. The van der Waals surface area contributed by atoms with Crippen molar-refractivity contribution in [2.24, 2.45) is 17.8 Å². The molecule has 2 saturated heterocycles. The highest BCUT2D eigenvalue weighted by Crippen LogP contribution is 2.61. The lowest BCUT2D eigenvalue weighted by Crippen LogP contribution is -2.63. The summed E-state index contributed by atoms with van der Waals surface area (Å²) in [4.78, 5) is 2.84. The van der Waals surface area contributed by atoms with Crippen molar-refractivity contribution in [1.29, 1.82) is 0 Å². The van der Waals surface area contributed by atoms with Crippen LogP contribution in [0.1, 0.15) is 38.7 Å². The highest BCUT2D eigenvalue weighted by atomic mass is 15.2. The molecule has 6 atom stereocenters. The molecule has 0 amide bonds. The SMILES string of the molecule is CCC1CN2CCC34c5ccccc5NC3C(C)C1CC24. The Labute approximate surface area is 127 Å². The predicted molar refractivity (Wildman–Crippen MR) is 86.6 cm³/mol. The van der Waals surface area contributed by atoms with Crippen molar-refractivity contribution in [3.8, 4) is 0 Å². The van der Waals surface area contributed by atoms with Gasteiger partial charge in [0.1, 0.15) is 0 Å². The van der Waals surface area contributed by atoms with Crippen LogP contribution in [0.2, 0.25) is 0 Å². The number of benzene rings is 1. The molecule has 2 bridgehead atoms. The van der Waals surface area contributed by atoms with Crippen LogP contribution in [0.5, 0.6) is 0 Å². The molecule has 1 aliphatic carbocycles. The van der Waals surface area contributed by atoms with Crippen molar-refractivity contribution in [1.82, 2.24) is 4.90 Å². The van der Waals surface area contributed by atoms with Crippen LogP contribution in [-0.4, -0.2) is 30.1 Å². The third-order valence-electron chi connectivity index (χ3n) is 7.44. The lowest BCUT2D eigenvalue weighted by Gasteiger charge is -2.56. The summed E-state index contributed by atoms with van der Waals surface area (Å²) in [5.74, 6) is 2.64. The van der Waals surface area contributed by atoms with Gasteiger partial charge in [0.25, 0.3) is 0 Å². The Bertz CT molecular complexity index is 583. The van der Waals surface area contributed by atoms with Gasteiger partial charge in [0, 0.05) is 29.7 Å². The van der Waals surface area contributed by atoms with Gasteiger partial charge in [0.2, 0.25) is 0 Å². The first kappa shape index (κ1) is 12.5. The van der Waals surface area contributed by atoms with Gasteiger partial charge in [-0.25, -0.2) is 0 Å². The molecule has 3 heterocycles. The number of para-hydroxylation sites is 1. The Morgan fingerprint density at radius 3 is 3.05 bits per heavy atom. The summed E-state index contributed by atoms with van der Waals surface area (Å²) >= 11 is 0. The second kappa shape index (κ2) is 4.04. The van der Waals surface area contributed by atoms with E-state index in [1.807, 2.05) is 0 Å². The molecule has 1 aromatic carbocycles. The fourth-order valence-electron chi connectivity index (χ4n) is 6.52. The topological polar surface area (TPSA) is 15.3 Å². The molecule has 6 unspecified atom stereocenters. The molecule has 1 aromatic rings. The molecule has 1 N–H and O–H groups in total. The van der Waals surface area contributed by atoms with E-state index in [1.165, 1.54) is 38.0 Å². The van der Waals surface area contributed by atoms with E-state index < -0.39 is 0 Å². The molecule has 3 fully saturated rings. The van der Waals surface area contributed by atoms with Crippen molar-refractivity contribution in [3.05, 3.63) is 29.8 Å². The lowest BCUT2D eigenvalue weighted by atomic mass is 9.55. The van der Waals surface area contributed by atoms with E-state index >= 15 is 0 Å². The van der Waals surface area contributed by atoms with Crippen LogP contribution in [0, 0.1) is 17.8 Å². The quantitative estimate of drug-likeness (QED) is 0.848. The molecule has 2 heteroatoms. The Hall–Kier alpha value is -1.02. The van der Waals surface area contributed by atoms with Crippen LogP contribution in [0.3, 0.4) is 0 Å². The van der Waals surface area contributed by atoms with E-state index in [2.05, 4.69) is 48.3 Å². The maximum atomic E-state index is 3.95. The molecular weight excluding hydrogens is 256 g/mol. The van der Waals surface area contributed by atoms with Gasteiger partial charge >= 0.3 is 0 Å². The van der Waals surface area contributed by atoms with Crippen LogP contribution < -0.4 is 5.32 Å². The smallest absolute Gasteiger partial charge is 0.0402 e. The van der Waals surface area contributed by atoms with Crippen molar-refractivity contribution < 1.29 is 0 Å². The molecule has 112 valence electrons. The van der Waals surface area contributed by atoms with Crippen LogP contribution in [0.15, 0.2) is 24.3 Å². The molecule has 21 heavy (non-hydrogen) atoms. The molecule has 0 radical (unpaired) electrons. The predicted octanol–water partition coefficient (Wildman–Crippen LogP) is 3.49. The Morgan fingerprint density at radius 2 is 2.19 bits per heavy atom. The third-order valence-corrected chi connectivity index (χ3v) is 7.44. The number of hydrogen-bond acceptors (Lipinski definition) is 2. The monoisotopic (exact) mass is 282 g/mol. The van der Waals surface area contributed by atoms with E-state index in [1.54, 1.807) is 5.56 Å². The normalized spacial score (nSPS) is 46.9. The maximum Gasteiger partial charge on any atom is 0.0402 e. The molecule has 3 aliphatic heterocycles. The first-order valence-electron chi connectivity index (χ1n) is 8.86. The number of rotatable bonds is 1. The van der Waals surface area contributed by atoms with Crippen molar-refractivity contribution in [2.45, 2.75) is 50.6 Å². The van der Waals surface area contributed by atoms with E-state index in [0.29, 0.717) is 11.5 Å². The molecule has 4 aliphatic rings. The zero-order valence-corrected chi connectivity index (χ0v) is 13.2. The van der Waals surface area contributed by atoms with Crippen molar-refractivity contribution >= 4 is 5.69 Å². The Balaban J connectivity index is 1.68. The lowest BCUT2D eigenvalue weighted by molar-refractivity contribution is -0.0128. The van der Waals surface area contributed by atoms with Gasteiger partial charge in [-0.05, 0) is 48.8 Å². The Kier molecular flexibility index (Phi) is 2.41. The summed E-state index contributed by atoms with van der Waals surface area (Å²) in [5.41, 5.74) is 3.46. The van der Waals surface area contributed by atoms with Gasteiger partial charge in [-0.3, -0.25) is 4.90 Å². The van der Waals surface area contributed by atoms with Crippen molar-refractivity contribution in [3.63, 3.8) is 0 Å². The summed E-state index contributed by atoms with van der Waals surface area (Å²) in [6.45, 7) is 7.59. The summed E-state index contributed by atoms with van der Waals surface area (Å²) < 4.78 is 0. The van der Waals surface area contributed by atoms with E-state index in [-0.39, 0.29) is 0 Å². The van der Waals surface area contributed by atoms with Gasteiger partial charge in [-0.2, -0.15) is 0 Å². The number of nitrogens with one attached hydrogen (secondary N) is 1. The maximum absolute atomic E-state index is 3.95. The molecule has 0 aromatic heterocycles. The summed E-state index contributed by atoms with van der Waals surface area (Å²) in [5, 5.41) is 3.95. The number of fused-ring (bicyclic) bond motifs is 2. The molecule has 2 nitrogen and oxygen atoms in total. The first-order chi connectivity index (χ1) is 10.3. The minimum absolute atomic E-state index is 0.408. The summed E-state index contributed by atoms with van der Waals surface area (Å²) in [6, 6.07) is 10.6. The fourth-order valence-corrected chi connectivity index (χ4v) is 6.52. The molecular formula is C19H26N2. The van der Waals surface area contributed by atoms with Crippen molar-refractivity contribution in [2.75, 3.05) is 18.4 Å². The number of piperidine rings is 1. The number of anilines is 1. The third kappa shape index (κ3) is 1.34. The van der Waals surface area contributed by atoms with Gasteiger partial charge in [-0.1, -0.05) is 38.5 Å². The average molecular weight is 282 g/mol. The van der Waals surface area contributed by atoms with Gasteiger partial charge in [0.15, 0.2) is 0 Å². The minimum atomic E-state index is 0.408. The number of hydrogen-bond donors (Lipinski definition) is 1. The zero-order chi connectivity index (χ0) is 14.2. The van der Waals surface area contributed by atoms with Gasteiger partial charge < -0.3 is 5.32 Å². The minimum Gasteiger partial charge on any atom is -0.381 e. The Morgan fingerprint density at radius 1 is 1.33 bits per heavy atom. The van der Waals surface area contributed by atoms with E-state index in [0.717, 1.165) is 23.8 Å². The van der Waals surface area contributed by atoms with Gasteiger partial charge in [-0.15, -0.1) is 0 Å². The zero-order valence-electron chi connectivity index (χ0n) is 13.2. The van der Waals surface area contributed by atoms with Crippen LogP contribution >= 0.6 is 0 Å². The van der Waals surface area contributed by atoms with E-state index in [9.17, 15) is 0 Å². The highest BCUT2D eigenvalue weighted by molar-refractivity contribution is 5.64. The second-order valence-corrected chi connectivity index (χ2v) is 7.90. The highest BCUT2D eigenvalue weighted by Gasteiger charge is 2.64. The second-order valence-electron chi connectivity index (χ2n) is 7.90. The fraction of sp³-hybridized carbons (Fsp3) is 0.684. The molecule has 1 saturated carbocycles. The van der Waals surface area contributed by atoms with Gasteiger partial charge in [0.05, 0.1) is 0 Å². The largest absolute Gasteiger partial charge is 0.381 e. The van der Waals surface area contributed by atoms with Crippen LogP contribution in [0.4, 0.5) is 5.69 Å². The number of nitrogens with zero attached hydrogens (tertiary/aromatic N) is 1. The first-order valence-corrected chi connectivity index (χ1v) is 8.86. The summed E-state index contributed by atoms with van der Waals surface area (Å²) in [6.07, 6.45) is 4.15. The van der Waals surface area contributed by atoms with Crippen LogP contribution in [-0.2, 0) is 5.41 Å². The van der Waals surface area contributed by atoms with E-state index in [4.69, 9.17) is 0 Å². The molecule has 1 spiro atoms. The molecule has 5 rings (SSSR count).